The molecule has 6 N–H and O–H groups in total. The van der Waals surface area contributed by atoms with E-state index in [0.717, 1.165) is 11.3 Å². The van der Waals surface area contributed by atoms with Gasteiger partial charge in [-0.3, -0.25) is 15.0 Å². The third-order valence-corrected chi connectivity index (χ3v) is 6.01. The molecule has 0 unspecified atom stereocenters. The Hall–Kier alpha value is -3.69. The Labute approximate surface area is 213 Å². The minimum absolute atomic E-state index is 0.114. The molecular formula is C25H26ClN5O3S. The van der Waals surface area contributed by atoms with Crippen LogP contribution in [0.2, 0.25) is 5.02 Å². The van der Waals surface area contributed by atoms with E-state index in [-0.39, 0.29) is 24.9 Å². The number of carbonyl (C=O) groups excluding carboxylic acids is 2. The highest BCUT2D eigenvalue weighted by Crippen LogP contribution is 2.28. The first-order valence-corrected chi connectivity index (χ1v) is 12.2. The first-order chi connectivity index (χ1) is 16.8. The van der Waals surface area contributed by atoms with E-state index >= 15 is 0 Å². The van der Waals surface area contributed by atoms with Gasteiger partial charge in [-0.1, -0.05) is 66.0 Å². The molecule has 0 aliphatic carbocycles. The van der Waals surface area contributed by atoms with E-state index in [9.17, 15) is 9.59 Å². The van der Waals surface area contributed by atoms with Gasteiger partial charge in [0.15, 0.2) is 6.61 Å². The van der Waals surface area contributed by atoms with Crippen molar-refractivity contribution in [2.24, 2.45) is 11.5 Å². The zero-order valence-corrected chi connectivity index (χ0v) is 20.7. The number of benzene rings is 3. The molecule has 0 atom stereocenters. The van der Waals surface area contributed by atoms with Gasteiger partial charge in [0.2, 0.25) is 0 Å². The average Bonchev–Trinajstić information content (AvgIpc) is 2.84. The van der Waals surface area contributed by atoms with Gasteiger partial charge >= 0.3 is 0 Å². The van der Waals surface area contributed by atoms with Crippen LogP contribution in [0.4, 0.5) is 5.69 Å². The molecule has 3 aromatic rings. The van der Waals surface area contributed by atoms with Crippen LogP contribution in [0.5, 0.6) is 5.75 Å². The number of hydrogen-bond acceptors (Lipinski definition) is 6. The molecule has 8 nitrogen and oxygen atoms in total. The number of amides is 2. The van der Waals surface area contributed by atoms with Crippen LogP contribution >= 0.6 is 23.5 Å². The van der Waals surface area contributed by atoms with Gasteiger partial charge < -0.3 is 25.8 Å². The van der Waals surface area contributed by atoms with E-state index in [1.165, 1.54) is 18.0 Å². The Morgan fingerprint density at radius 2 is 1.80 bits per heavy atom. The van der Waals surface area contributed by atoms with Crippen molar-refractivity contribution in [2.45, 2.75) is 13.1 Å². The summed E-state index contributed by atoms with van der Waals surface area (Å²) in [4.78, 5) is 24.1. The number of anilines is 1. The summed E-state index contributed by atoms with van der Waals surface area (Å²) in [5, 5.41) is 10.9. The summed E-state index contributed by atoms with van der Waals surface area (Å²) >= 11 is 7.88. The number of carbonyl (C=O) groups is 2. The van der Waals surface area contributed by atoms with Crippen LogP contribution in [0.3, 0.4) is 0 Å². The van der Waals surface area contributed by atoms with Gasteiger partial charge in [-0.2, -0.15) is 0 Å². The van der Waals surface area contributed by atoms with Crippen LogP contribution in [0.1, 0.15) is 27.0 Å². The molecule has 0 spiro atoms. The lowest BCUT2D eigenvalue weighted by molar-refractivity contribution is -0.119. The molecule has 0 bridgehead atoms. The number of amidine groups is 1. The Bertz CT molecular complexity index is 1220. The fourth-order valence-electron chi connectivity index (χ4n) is 3.29. The highest BCUT2D eigenvalue weighted by Gasteiger charge is 2.15. The fraction of sp³-hybridized carbons (Fsp3) is 0.160. The maximum absolute atomic E-state index is 13.0. The molecule has 0 heterocycles. The lowest BCUT2D eigenvalue weighted by Crippen LogP contribution is -2.25. The van der Waals surface area contributed by atoms with E-state index in [4.69, 9.17) is 33.2 Å². The van der Waals surface area contributed by atoms with E-state index < -0.39 is 5.91 Å². The molecule has 0 aromatic heterocycles. The lowest BCUT2D eigenvalue weighted by Gasteiger charge is -2.22. The number of nitrogens with zero attached hydrogens (tertiary/aromatic N) is 1. The quantitative estimate of drug-likeness (QED) is 0.176. The summed E-state index contributed by atoms with van der Waals surface area (Å²) in [5.41, 5.74) is 14.1. The van der Waals surface area contributed by atoms with Crippen LogP contribution in [0.15, 0.2) is 66.7 Å². The number of nitrogens with two attached hydrogens (primary N) is 2. The highest BCUT2D eigenvalue weighted by molar-refractivity contribution is 7.99. The van der Waals surface area contributed by atoms with Crippen LogP contribution in [-0.4, -0.2) is 30.5 Å². The zero-order chi connectivity index (χ0) is 25.4. The maximum Gasteiger partial charge on any atom is 0.255 e. The Kier molecular flexibility index (Phi) is 8.99. The number of primary amides is 1. The van der Waals surface area contributed by atoms with Gasteiger partial charge in [0.25, 0.3) is 11.8 Å². The average molecular weight is 512 g/mol. The minimum atomic E-state index is -0.645. The predicted molar refractivity (Wildman–Crippen MR) is 141 cm³/mol. The number of ether oxygens (including phenoxy) is 1. The molecule has 0 saturated carbocycles. The van der Waals surface area contributed by atoms with E-state index in [0.29, 0.717) is 34.0 Å². The van der Waals surface area contributed by atoms with Gasteiger partial charge in [-0.05, 0) is 29.8 Å². The Balaban J connectivity index is 1.77. The third-order valence-electron chi connectivity index (χ3n) is 5.01. The minimum Gasteiger partial charge on any atom is -0.483 e. The normalized spacial score (nSPS) is 10.5. The van der Waals surface area contributed by atoms with Crippen molar-refractivity contribution in [3.05, 3.63) is 94.0 Å². The van der Waals surface area contributed by atoms with Crippen LogP contribution in [0, 0.1) is 5.41 Å². The predicted octanol–water partition coefficient (Wildman–Crippen LogP) is 3.70. The maximum atomic E-state index is 13.0. The van der Waals surface area contributed by atoms with Crippen molar-refractivity contribution < 1.29 is 14.3 Å². The monoisotopic (exact) mass is 511 g/mol. The molecule has 0 aliphatic heterocycles. The van der Waals surface area contributed by atoms with Gasteiger partial charge in [0.1, 0.15) is 11.6 Å². The number of halogens is 1. The van der Waals surface area contributed by atoms with E-state index in [2.05, 4.69) is 5.32 Å². The molecule has 10 heteroatoms. The van der Waals surface area contributed by atoms with Crippen LogP contribution < -0.4 is 25.8 Å². The van der Waals surface area contributed by atoms with Crippen molar-refractivity contribution in [3.8, 4) is 5.75 Å². The van der Waals surface area contributed by atoms with Crippen molar-refractivity contribution in [2.75, 3.05) is 17.2 Å². The molecule has 35 heavy (non-hydrogen) atoms. The van der Waals surface area contributed by atoms with Gasteiger partial charge in [0, 0.05) is 40.2 Å². The van der Waals surface area contributed by atoms with Crippen LogP contribution in [0.25, 0.3) is 0 Å². The lowest BCUT2D eigenvalue weighted by atomic mass is 10.1. The summed E-state index contributed by atoms with van der Waals surface area (Å²) in [7, 11) is 0. The molecule has 0 saturated heterocycles. The first kappa shape index (κ1) is 25.9. The summed E-state index contributed by atoms with van der Waals surface area (Å²) < 4.78 is 7.51. The molecule has 3 aromatic carbocycles. The first-order valence-electron chi connectivity index (χ1n) is 10.6. The highest BCUT2D eigenvalue weighted by atomic mass is 35.5. The molecular weight excluding hydrogens is 486 g/mol. The summed E-state index contributed by atoms with van der Waals surface area (Å²) in [6, 6.07) is 20.0. The SMILES string of the molecule is CSN(Cc1ccccc1)c1cc(Cl)cc(C(=O)NCc2ccc(C(=N)N)cc2OCC(N)=O)c1. The van der Waals surface area contributed by atoms with E-state index in [1.807, 2.05) is 47.0 Å². The van der Waals surface area contributed by atoms with Crippen molar-refractivity contribution >= 4 is 46.9 Å². The van der Waals surface area contributed by atoms with Crippen molar-refractivity contribution in [1.29, 1.82) is 5.41 Å². The molecule has 182 valence electrons. The summed E-state index contributed by atoms with van der Waals surface area (Å²) in [5.74, 6) is -0.815. The number of rotatable bonds is 11. The molecule has 3 rings (SSSR count). The number of nitrogen functional groups attached to an aromatic ring is 1. The second-order valence-corrected chi connectivity index (χ2v) is 8.82. The number of nitrogens with one attached hydrogen (secondary N) is 2. The van der Waals surface area contributed by atoms with Crippen molar-refractivity contribution in [1.82, 2.24) is 5.32 Å². The Morgan fingerprint density at radius 1 is 1.06 bits per heavy atom. The van der Waals surface area contributed by atoms with E-state index in [1.54, 1.807) is 24.3 Å². The largest absolute Gasteiger partial charge is 0.483 e. The van der Waals surface area contributed by atoms with Crippen LogP contribution in [-0.2, 0) is 17.9 Å². The van der Waals surface area contributed by atoms with Gasteiger partial charge in [0.05, 0.1) is 6.54 Å². The second-order valence-electron chi connectivity index (χ2n) is 7.58. The number of hydrogen-bond donors (Lipinski definition) is 4. The molecule has 0 radical (unpaired) electrons. The third kappa shape index (κ3) is 7.40. The summed E-state index contributed by atoms with van der Waals surface area (Å²) in [6.45, 7) is 0.418. The smallest absolute Gasteiger partial charge is 0.255 e. The Morgan fingerprint density at radius 3 is 2.46 bits per heavy atom. The van der Waals surface area contributed by atoms with Gasteiger partial charge in [-0.25, -0.2) is 0 Å². The molecule has 2 amide bonds. The topological polar surface area (TPSA) is 135 Å². The standard InChI is InChI=1S/C25H26ClN5O3S/c1-35-31(14-16-5-3-2-4-6-16)21-10-19(9-20(26)12-21)25(33)30-13-18-8-7-17(24(28)29)11-22(18)34-15-23(27)32/h2-12H,13-15H2,1H3,(H2,27,32)(H3,28,29)(H,30,33). The van der Waals surface area contributed by atoms with Crippen molar-refractivity contribution in [3.63, 3.8) is 0 Å². The summed E-state index contributed by atoms with van der Waals surface area (Å²) in [6.07, 6.45) is 1.96. The fourth-order valence-corrected chi connectivity index (χ4v) is 4.11. The molecule has 0 aliphatic rings. The molecule has 0 fully saturated rings. The van der Waals surface area contributed by atoms with Gasteiger partial charge in [-0.15, -0.1) is 0 Å². The zero-order valence-electron chi connectivity index (χ0n) is 19.1. The second kappa shape index (κ2) is 12.1.